The molecule has 0 amide bonds. The van der Waals surface area contributed by atoms with Gasteiger partial charge in [0.2, 0.25) is 0 Å². The summed E-state index contributed by atoms with van der Waals surface area (Å²) in [5.74, 6) is -1.72. The van der Waals surface area contributed by atoms with Crippen molar-refractivity contribution in [3.63, 3.8) is 0 Å². The second-order valence-corrected chi connectivity index (χ2v) is 5.73. The van der Waals surface area contributed by atoms with Gasteiger partial charge in [0.05, 0.1) is 32.0 Å². The lowest BCUT2D eigenvalue weighted by Crippen LogP contribution is -2.38. The molecule has 1 aliphatic rings. The number of ether oxygens (including phenoxy) is 3. The highest BCUT2D eigenvalue weighted by molar-refractivity contribution is 9.10. The maximum absolute atomic E-state index is 13.1. The first-order valence-corrected chi connectivity index (χ1v) is 7.61. The van der Waals surface area contributed by atoms with Crippen molar-refractivity contribution in [1.82, 2.24) is 0 Å². The van der Waals surface area contributed by atoms with E-state index in [4.69, 9.17) is 4.74 Å². The third kappa shape index (κ3) is 3.96. The number of hydrogen-bond acceptors (Lipinski definition) is 6. The average Bonchev–Trinajstić information content (AvgIpc) is 2.59. The predicted octanol–water partition coefficient (Wildman–Crippen LogP) is 2.86. The molecule has 1 heterocycles. The van der Waals surface area contributed by atoms with Crippen LogP contribution in [0.25, 0.3) is 0 Å². The Balaban J connectivity index is 2.60. The minimum atomic E-state index is -4.61. The smallest absolute Gasteiger partial charge is 0.417 e. The lowest BCUT2D eigenvalue weighted by Gasteiger charge is -2.31. The van der Waals surface area contributed by atoms with Crippen LogP contribution >= 0.6 is 15.9 Å². The molecule has 0 N–H and O–H groups in total. The van der Waals surface area contributed by atoms with E-state index in [1.165, 1.54) is 12.1 Å². The highest BCUT2D eigenvalue weighted by atomic mass is 79.9. The average molecular weight is 424 g/mol. The van der Waals surface area contributed by atoms with Crippen LogP contribution in [0.2, 0.25) is 0 Å². The molecule has 10 heteroatoms. The molecule has 0 aliphatic carbocycles. The third-order valence-corrected chi connectivity index (χ3v) is 4.09. The van der Waals surface area contributed by atoms with Crippen LogP contribution in [-0.4, -0.2) is 39.5 Å². The summed E-state index contributed by atoms with van der Waals surface area (Å²) in [7, 11) is 2.21. The van der Waals surface area contributed by atoms with Gasteiger partial charge >= 0.3 is 18.1 Å². The van der Waals surface area contributed by atoms with Crippen LogP contribution in [0.5, 0.6) is 0 Å². The Kier molecular flexibility index (Phi) is 5.73. The number of methoxy groups -OCH3 is 2. The Morgan fingerprint density at radius 1 is 1.20 bits per heavy atom. The molecule has 0 aromatic heterocycles. The fourth-order valence-corrected chi connectivity index (χ4v) is 2.72. The van der Waals surface area contributed by atoms with E-state index in [-0.39, 0.29) is 34.8 Å². The fraction of sp³-hybridized carbons (Fsp3) is 0.333. The quantitative estimate of drug-likeness (QED) is 0.696. The van der Waals surface area contributed by atoms with Crippen LogP contribution in [0.4, 0.5) is 18.9 Å². The molecule has 0 bridgehead atoms. The normalized spacial score (nSPS) is 15.2. The standard InChI is InChI=1S/C15H13BrF3NO5/c1-23-13(21)9-6-25-7-20(12(9)14(22)24-2)8-3-4-11(16)10(5-8)15(17,18)19/h3-5H,6-7H2,1-2H3. The Morgan fingerprint density at radius 3 is 2.40 bits per heavy atom. The van der Waals surface area contributed by atoms with E-state index in [9.17, 15) is 22.8 Å². The minimum Gasteiger partial charge on any atom is -0.466 e. The maximum Gasteiger partial charge on any atom is 0.417 e. The number of benzene rings is 1. The first-order chi connectivity index (χ1) is 11.7. The van der Waals surface area contributed by atoms with E-state index in [1.54, 1.807) is 0 Å². The van der Waals surface area contributed by atoms with Gasteiger partial charge in [0, 0.05) is 10.2 Å². The zero-order chi connectivity index (χ0) is 18.8. The van der Waals surface area contributed by atoms with Gasteiger partial charge < -0.3 is 19.1 Å². The maximum atomic E-state index is 13.1. The van der Waals surface area contributed by atoms with Gasteiger partial charge in [0.25, 0.3) is 0 Å². The van der Waals surface area contributed by atoms with Crippen LogP contribution in [-0.2, 0) is 30.0 Å². The number of halogens is 4. The molecule has 2 rings (SSSR count). The van der Waals surface area contributed by atoms with Gasteiger partial charge in [-0.25, -0.2) is 9.59 Å². The number of carbonyl (C=O) groups is 2. The Bertz CT molecular complexity index is 732. The molecule has 0 spiro atoms. The van der Waals surface area contributed by atoms with Crippen molar-refractivity contribution >= 4 is 33.6 Å². The van der Waals surface area contributed by atoms with Gasteiger partial charge in [-0.2, -0.15) is 13.2 Å². The summed E-state index contributed by atoms with van der Waals surface area (Å²) in [6, 6.07) is 3.39. The number of nitrogens with zero attached hydrogens (tertiary/aromatic N) is 1. The van der Waals surface area contributed by atoms with E-state index >= 15 is 0 Å². The van der Waals surface area contributed by atoms with Crippen molar-refractivity contribution in [1.29, 1.82) is 0 Å². The molecule has 6 nitrogen and oxygen atoms in total. The second-order valence-electron chi connectivity index (χ2n) is 4.88. The number of anilines is 1. The summed E-state index contributed by atoms with van der Waals surface area (Å²) >= 11 is 2.85. The van der Waals surface area contributed by atoms with Gasteiger partial charge in [0.1, 0.15) is 12.4 Å². The topological polar surface area (TPSA) is 65.1 Å². The first kappa shape index (κ1) is 19.3. The van der Waals surface area contributed by atoms with Crippen molar-refractivity contribution in [2.45, 2.75) is 6.18 Å². The fourth-order valence-electron chi connectivity index (χ4n) is 2.25. The molecular weight excluding hydrogens is 411 g/mol. The van der Waals surface area contributed by atoms with Gasteiger partial charge in [-0.1, -0.05) is 15.9 Å². The second kappa shape index (κ2) is 7.44. The van der Waals surface area contributed by atoms with Crippen LogP contribution in [0.3, 0.4) is 0 Å². The molecule has 0 unspecified atom stereocenters. The molecule has 0 radical (unpaired) electrons. The SMILES string of the molecule is COC(=O)C1=C(C(=O)OC)N(c2ccc(Br)c(C(F)(F)F)c2)COC1. The van der Waals surface area contributed by atoms with Crippen molar-refractivity contribution in [3.8, 4) is 0 Å². The van der Waals surface area contributed by atoms with Crippen molar-refractivity contribution in [2.75, 3.05) is 32.5 Å². The van der Waals surface area contributed by atoms with E-state index in [1.807, 2.05) is 0 Å². The number of alkyl halides is 3. The molecule has 1 aromatic carbocycles. The number of esters is 2. The van der Waals surface area contributed by atoms with E-state index in [0.29, 0.717) is 0 Å². The third-order valence-electron chi connectivity index (χ3n) is 3.40. The molecule has 25 heavy (non-hydrogen) atoms. The molecule has 0 saturated heterocycles. The summed E-state index contributed by atoms with van der Waals surface area (Å²) in [5, 5.41) is 0. The Hall–Kier alpha value is -2.07. The zero-order valence-electron chi connectivity index (χ0n) is 13.1. The van der Waals surface area contributed by atoms with Crippen molar-refractivity contribution in [3.05, 3.63) is 39.5 Å². The van der Waals surface area contributed by atoms with Crippen LogP contribution < -0.4 is 4.90 Å². The van der Waals surface area contributed by atoms with Gasteiger partial charge in [-0.15, -0.1) is 0 Å². The lowest BCUT2D eigenvalue weighted by atomic mass is 10.1. The predicted molar refractivity (Wildman–Crippen MR) is 83.5 cm³/mol. The summed E-state index contributed by atoms with van der Waals surface area (Å²) < 4.78 is 53.7. The Labute approximate surface area is 149 Å². The molecular formula is C15H13BrF3NO5. The highest BCUT2D eigenvalue weighted by Crippen LogP contribution is 2.38. The van der Waals surface area contributed by atoms with E-state index in [2.05, 4.69) is 25.4 Å². The highest BCUT2D eigenvalue weighted by Gasteiger charge is 2.36. The molecule has 1 aromatic rings. The molecule has 0 fully saturated rings. The number of hydrogen-bond donors (Lipinski definition) is 0. The molecule has 0 saturated carbocycles. The molecule has 1 aliphatic heterocycles. The summed E-state index contributed by atoms with van der Waals surface area (Å²) in [6.07, 6.45) is -4.61. The van der Waals surface area contributed by atoms with Gasteiger partial charge in [0.15, 0.2) is 0 Å². The lowest BCUT2D eigenvalue weighted by molar-refractivity contribution is -0.140. The van der Waals surface area contributed by atoms with Gasteiger partial charge in [-0.05, 0) is 18.2 Å². The van der Waals surface area contributed by atoms with Crippen LogP contribution in [0.15, 0.2) is 33.9 Å². The monoisotopic (exact) mass is 423 g/mol. The largest absolute Gasteiger partial charge is 0.466 e. The first-order valence-electron chi connectivity index (χ1n) is 6.82. The summed E-state index contributed by atoms with van der Waals surface area (Å²) in [6.45, 7) is -0.458. The number of rotatable bonds is 3. The zero-order valence-corrected chi connectivity index (χ0v) is 14.7. The van der Waals surface area contributed by atoms with Crippen LogP contribution in [0.1, 0.15) is 5.56 Å². The van der Waals surface area contributed by atoms with Crippen molar-refractivity contribution in [2.24, 2.45) is 0 Å². The molecule has 0 atom stereocenters. The van der Waals surface area contributed by atoms with Crippen molar-refractivity contribution < 1.29 is 37.0 Å². The van der Waals surface area contributed by atoms with E-state index < -0.39 is 23.7 Å². The van der Waals surface area contributed by atoms with Crippen LogP contribution in [0, 0.1) is 0 Å². The summed E-state index contributed by atoms with van der Waals surface area (Å²) in [5.41, 5.74) is -1.29. The minimum absolute atomic E-state index is 0.0111. The van der Waals surface area contributed by atoms with Gasteiger partial charge in [-0.3, -0.25) is 0 Å². The molecule has 136 valence electrons. The van der Waals surface area contributed by atoms with E-state index in [0.717, 1.165) is 25.2 Å². The summed E-state index contributed by atoms with van der Waals surface area (Å²) in [4.78, 5) is 25.1. The number of carbonyl (C=O) groups excluding carboxylic acids is 2. The Morgan fingerprint density at radius 2 is 1.84 bits per heavy atom.